The van der Waals surface area contributed by atoms with E-state index in [0.29, 0.717) is 13.1 Å². The van der Waals surface area contributed by atoms with Crippen LogP contribution in [0.2, 0.25) is 5.02 Å². The number of ketones is 1. The predicted molar refractivity (Wildman–Crippen MR) is 117 cm³/mol. The molecular formula is C23H28ClN3O2. The first kappa shape index (κ1) is 21.5. The minimum atomic E-state index is -0.924. The van der Waals surface area contributed by atoms with Crippen molar-refractivity contribution in [1.29, 1.82) is 0 Å². The van der Waals surface area contributed by atoms with E-state index in [9.17, 15) is 9.59 Å². The number of hydrogen-bond acceptors (Lipinski definition) is 4. The molecule has 5 nitrogen and oxygen atoms in total. The van der Waals surface area contributed by atoms with Crippen LogP contribution in [0.3, 0.4) is 0 Å². The fourth-order valence-electron chi connectivity index (χ4n) is 4.06. The molecule has 0 aromatic heterocycles. The molecule has 1 aliphatic heterocycles. The Hall–Kier alpha value is -2.21. The first-order chi connectivity index (χ1) is 14.0. The zero-order valence-electron chi connectivity index (χ0n) is 17.0. The maximum Gasteiger partial charge on any atom is 0.211 e. The van der Waals surface area contributed by atoms with Crippen molar-refractivity contribution in [2.24, 2.45) is 0 Å². The largest absolute Gasteiger partial charge is 0.318 e. The molecule has 29 heavy (non-hydrogen) atoms. The van der Waals surface area contributed by atoms with Crippen LogP contribution in [0.15, 0.2) is 48.5 Å². The SMILES string of the molecule is CNC1(C(C)=O)CN(CCCc2cccc(-c3cccc(Cl)c3)c2)CCN1C=O. The van der Waals surface area contributed by atoms with Gasteiger partial charge in [0.15, 0.2) is 11.4 Å². The average molecular weight is 414 g/mol. The van der Waals surface area contributed by atoms with Gasteiger partial charge in [-0.05, 0) is 62.2 Å². The van der Waals surface area contributed by atoms with Gasteiger partial charge in [-0.15, -0.1) is 0 Å². The summed E-state index contributed by atoms with van der Waals surface area (Å²) in [5.74, 6) is -0.0361. The van der Waals surface area contributed by atoms with Crippen LogP contribution in [0.5, 0.6) is 0 Å². The molecule has 3 rings (SSSR count). The molecule has 1 amide bonds. The molecule has 0 aliphatic carbocycles. The van der Waals surface area contributed by atoms with E-state index in [0.717, 1.165) is 48.5 Å². The Morgan fingerprint density at radius 2 is 1.90 bits per heavy atom. The third kappa shape index (κ3) is 4.86. The standard InChI is InChI=1S/C23H28ClN3O2/c1-18(29)23(25-2)16-26(12-13-27(23)17-28)11-5-7-19-6-3-8-20(14-19)21-9-4-10-22(24)15-21/h3-4,6,8-10,14-15,17,25H,5,7,11-13,16H2,1-2H3. The van der Waals surface area contributed by atoms with Crippen molar-refractivity contribution in [3.8, 4) is 11.1 Å². The number of rotatable bonds is 8. The van der Waals surface area contributed by atoms with Crippen molar-refractivity contribution < 1.29 is 9.59 Å². The number of likely N-dealkylation sites (N-methyl/N-ethyl adjacent to an activating group) is 1. The highest BCUT2D eigenvalue weighted by Crippen LogP contribution is 2.24. The van der Waals surface area contributed by atoms with Crippen LogP contribution in [0.25, 0.3) is 11.1 Å². The number of carbonyl (C=O) groups is 2. The molecule has 1 heterocycles. The topological polar surface area (TPSA) is 52.7 Å². The summed E-state index contributed by atoms with van der Waals surface area (Å²) in [6, 6.07) is 16.4. The molecule has 1 aliphatic rings. The molecule has 1 N–H and O–H groups in total. The fraction of sp³-hybridized carbons (Fsp3) is 0.391. The van der Waals surface area contributed by atoms with Crippen LogP contribution >= 0.6 is 11.6 Å². The van der Waals surface area contributed by atoms with Crippen molar-refractivity contribution >= 4 is 23.8 Å². The van der Waals surface area contributed by atoms with E-state index in [-0.39, 0.29) is 5.78 Å². The first-order valence-electron chi connectivity index (χ1n) is 9.98. The molecule has 1 saturated heterocycles. The number of nitrogens with zero attached hydrogens (tertiary/aromatic N) is 2. The van der Waals surface area contributed by atoms with Gasteiger partial charge in [-0.3, -0.25) is 19.8 Å². The van der Waals surface area contributed by atoms with E-state index in [2.05, 4.69) is 40.5 Å². The zero-order valence-corrected chi connectivity index (χ0v) is 17.8. The average Bonchev–Trinajstić information content (AvgIpc) is 2.73. The number of hydrogen-bond donors (Lipinski definition) is 1. The molecule has 154 valence electrons. The third-order valence-corrected chi connectivity index (χ3v) is 5.98. The Morgan fingerprint density at radius 3 is 2.55 bits per heavy atom. The molecule has 0 radical (unpaired) electrons. The van der Waals surface area contributed by atoms with Crippen LogP contribution < -0.4 is 5.32 Å². The van der Waals surface area contributed by atoms with Gasteiger partial charge in [0.2, 0.25) is 6.41 Å². The number of Topliss-reactive ketones (excluding diaryl/α,β-unsaturated/α-hetero) is 1. The van der Waals surface area contributed by atoms with Gasteiger partial charge in [-0.2, -0.15) is 0 Å². The van der Waals surface area contributed by atoms with Gasteiger partial charge < -0.3 is 4.90 Å². The lowest BCUT2D eigenvalue weighted by molar-refractivity contribution is -0.145. The van der Waals surface area contributed by atoms with Gasteiger partial charge in [0.05, 0.1) is 0 Å². The lowest BCUT2D eigenvalue weighted by Gasteiger charge is -2.47. The highest BCUT2D eigenvalue weighted by atomic mass is 35.5. The van der Waals surface area contributed by atoms with Crippen LogP contribution in [0, 0.1) is 0 Å². The van der Waals surface area contributed by atoms with E-state index in [1.165, 1.54) is 12.5 Å². The monoisotopic (exact) mass is 413 g/mol. The Labute approximate surface area is 177 Å². The summed E-state index contributed by atoms with van der Waals surface area (Å²) < 4.78 is 0. The van der Waals surface area contributed by atoms with E-state index in [1.54, 1.807) is 11.9 Å². The zero-order chi connectivity index (χ0) is 20.9. The van der Waals surface area contributed by atoms with Gasteiger partial charge in [-0.1, -0.05) is 48.0 Å². The highest BCUT2D eigenvalue weighted by molar-refractivity contribution is 6.30. The normalized spacial score (nSPS) is 19.9. The van der Waals surface area contributed by atoms with E-state index in [1.807, 2.05) is 18.2 Å². The lowest BCUT2D eigenvalue weighted by atomic mass is 9.99. The van der Waals surface area contributed by atoms with Crippen molar-refractivity contribution in [2.75, 3.05) is 33.2 Å². The Bertz CT molecular complexity index is 873. The molecule has 6 heteroatoms. The molecule has 0 bridgehead atoms. The summed E-state index contributed by atoms with van der Waals surface area (Å²) >= 11 is 6.12. The molecule has 2 aromatic carbocycles. The Morgan fingerprint density at radius 1 is 1.17 bits per heavy atom. The van der Waals surface area contributed by atoms with Gasteiger partial charge in [0.1, 0.15) is 0 Å². The molecular weight excluding hydrogens is 386 g/mol. The van der Waals surface area contributed by atoms with Crippen molar-refractivity contribution in [3.63, 3.8) is 0 Å². The highest BCUT2D eigenvalue weighted by Gasteiger charge is 2.43. The number of carbonyl (C=O) groups excluding carboxylic acids is 2. The smallest absolute Gasteiger partial charge is 0.211 e. The Kier molecular flexibility index (Phi) is 7.06. The number of piperazine rings is 1. The second-order valence-electron chi connectivity index (χ2n) is 7.56. The molecule has 1 unspecified atom stereocenters. The van der Waals surface area contributed by atoms with Gasteiger partial charge in [0, 0.05) is 24.7 Å². The van der Waals surface area contributed by atoms with Crippen LogP contribution in [-0.4, -0.2) is 60.9 Å². The quantitative estimate of drug-likeness (QED) is 0.675. The number of halogens is 1. The lowest BCUT2D eigenvalue weighted by Crippen LogP contribution is -2.71. The van der Waals surface area contributed by atoms with Crippen molar-refractivity contribution in [2.45, 2.75) is 25.4 Å². The van der Waals surface area contributed by atoms with E-state index < -0.39 is 5.66 Å². The van der Waals surface area contributed by atoms with Gasteiger partial charge >= 0.3 is 0 Å². The number of benzene rings is 2. The summed E-state index contributed by atoms with van der Waals surface area (Å²) in [5.41, 5.74) is 2.63. The summed E-state index contributed by atoms with van der Waals surface area (Å²) in [4.78, 5) is 27.5. The number of aryl methyl sites for hydroxylation is 1. The number of nitrogens with one attached hydrogen (secondary N) is 1. The third-order valence-electron chi connectivity index (χ3n) is 5.75. The molecule has 1 atom stereocenters. The Balaban J connectivity index is 1.61. The molecule has 1 fully saturated rings. The van der Waals surface area contributed by atoms with Crippen molar-refractivity contribution in [1.82, 2.24) is 15.1 Å². The van der Waals surface area contributed by atoms with Crippen LogP contribution in [0.1, 0.15) is 18.9 Å². The maximum atomic E-state index is 12.3. The molecule has 0 spiro atoms. The number of amides is 1. The van der Waals surface area contributed by atoms with E-state index in [4.69, 9.17) is 11.6 Å². The van der Waals surface area contributed by atoms with Gasteiger partial charge in [-0.25, -0.2) is 0 Å². The first-order valence-corrected chi connectivity index (χ1v) is 10.4. The minimum absolute atomic E-state index is 0.0361. The second kappa shape index (κ2) is 9.53. The van der Waals surface area contributed by atoms with Gasteiger partial charge in [0.25, 0.3) is 0 Å². The summed E-state index contributed by atoms with van der Waals surface area (Å²) in [5, 5.41) is 3.82. The van der Waals surface area contributed by atoms with E-state index >= 15 is 0 Å². The van der Waals surface area contributed by atoms with Crippen LogP contribution in [-0.2, 0) is 16.0 Å². The minimum Gasteiger partial charge on any atom is -0.318 e. The fourth-order valence-corrected chi connectivity index (χ4v) is 4.25. The summed E-state index contributed by atoms with van der Waals surface area (Å²) in [7, 11) is 1.74. The molecule has 0 saturated carbocycles. The maximum absolute atomic E-state index is 12.3. The molecule has 2 aromatic rings. The predicted octanol–water partition coefficient (Wildman–Crippen LogP) is 3.22. The van der Waals surface area contributed by atoms with Crippen LogP contribution in [0.4, 0.5) is 0 Å². The summed E-state index contributed by atoms with van der Waals surface area (Å²) in [6.07, 6.45) is 2.71. The summed E-state index contributed by atoms with van der Waals surface area (Å²) in [6.45, 7) is 4.26. The second-order valence-corrected chi connectivity index (χ2v) is 7.99. The van der Waals surface area contributed by atoms with Crippen molar-refractivity contribution in [3.05, 3.63) is 59.1 Å².